The van der Waals surface area contributed by atoms with Crippen molar-refractivity contribution in [2.75, 3.05) is 10.7 Å². The normalized spacial score (nSPS) is 10.2. The van der Waals surface area contributed by atoms with E-state index in [0.29, 0.717) is 11.4 Å². The van der Waals surface area contributed by atoms with E-state index in [1.165, 1.54) is 0 Å². The molecule has 0 bridgehead atoms. The molecule has 104 valence electrons. The maximum absolute atomic E-state index is 12.2. The summed E-state index contributed by atoms with van der Waals surface area (Å²) < 4.78 is 1.68. The molecule has 0 atom stereocenters. The average Bonchev–Trinajstić information content (AvgIpc) is 2.41. The Morgan fingerprint density at radius 1 is 1.25 bits per heavy atom. The van der Waals surface area contributed by atoms with Crippen molar-refractivity contribution in [3.63, 3.8) is 0 Å². The lowest BCUT2D eigenvalue weighted by Crippen LogP contribution is -2.18. The van der Waals surface area contributed by atoms with Crippen LogP contribution in [-0.4, -0.2) is 15.9 Å². The van der Waals surface area contributed by atoms with Gasteiger partial charge in [-0.2, -0.15) is 0 Å². The molecular weight excluding hydrogens is 390 g/mol. The number of nitrogens with zero attached hydrogens (tertiary/aromatic N) is 2. The molecule has 2 aromatic rings. The number of hydrogen-bond acceptors (Lipinski definition) is 5. The van der Waals surface area contributed by atoms with Crippen molar-refractivity contribution in [2.24, 2.45) is 5.84 Å². The summed E-state index contributed by atoms with van der Waals surface area (Å²) in [4.78, 5) is 20.2. The van der Waals surface area contributed by atoms with E-state index in [0.717, 1.165) is 8.95 Å². The quantitative estimate of drug-likeness (QED) is 0.544. The van der Waals surface area contributed by atoms with E-state index >= 15 is 0 Å². The van der Waals surface area contributed by atoms with Crippen LogP contribution in [0.2, 0.25) is 0 Å². The van der Waals surface area contributed by atoms with Gasteiger partial charge in [-0.3, -0.25) is 10.2 Å². The molecule has 2 rings (SSSR count). The van der Waals surface area contributed by atoms with Gasteiger partial charge in [0.1, 0.15) is 5.69 Å². The molecule has 1 heterocycles. The highest BCUT2D eigenvalue weighted by Crippen LogP contribution is 2.26. The van der Waals surface area contributed by atoms with Gasteiger partial charge < -0.3 is 5.32 Å². The number of anilines is 2. The Labute approximate surface area is 132 Å². The Bertz CT molecular complexity index is 662. The number of aryl methyl sites for hydroxylation is 1. The predicted octanol–water partition coefficient (Wildman–Crippen LogP) is 2.85. The fourth-order valence-electron chi connectivity index (χ4n) is 1.53. The monoisotopic (exact) mass is 399 g/mol. The van der Waals surface area contributed by atoms with Crippen LogP contribution in [0.25, 0.3) is 0 Å². The third-order valence-corrected chi connectivity index (χ3v) is 3.54. The van der Waals surface area contributed by atoms with E-state index in [4.69, 9.17) is 5.84 Å². The van der Waals surface area contributed by atoms with E-state index in [-0.39, 0.29) is 17.5 Å². The molecule has 0 aliphatic carbocycles. The number of rotatable bonds is 3. The van der Waals surface area contributed by atoms with E-state index in [2.05, 4.69) is 52.6 Å². The maximum atomic E-state index is 12.2. The first kappa shape index (κ1) is 14.9. The first-order valence-electron chi connectivity index (χ1n) is 5.58. The van der Waals surface area contributed by atoms with Crippen LogP contribution in [0.5, 0.6) is 0 Å². The van der Waals surface area contributed by atoms with Crippen LogP contribution in [0.3, 0.4) is 0 Å². The van der Waals surface area contributed by atoms with Crippen molar-refractivity contribution < 1.29 is 4.79 Å². The summed E-state index contributed by atoms with van der Waals surface area (Å²) in [7, 11) is 0. The molecule has 6 nitrogen and oxygen atoms in total. The Balaban J connectivity index is 2.26. The molecule has 0 aliphatic rings. The molecule has 20 heavy (non-hydrogen) atoms. The largest absolute Gasteiger partial charge is 0.320 e. The molecule has 1 aromatic heterocycles. The molecule has 0 spiro atoms. The number of nitrogens with one attached hydrogen (secondary N) is 2. The highest BCUT2D eigenvalue weighted by atomic mass is 79.9. The fourth-order valence-corrected chi connectivity index (χ4v) is 2.67. The third-order valence-electron chi connectivity index (χ3n) is 2.40. The maximum Gasteiger partial charge on any atom is 0.274 e. The minimum absolute atomic E-state index is 0.199. The second-order valence-electron chi connectivity index (χ2n) is 3.94. The zero-order valence-corrected chi connectivity index (χ0v) is 13.6. The van der Waals surface area contributed by atoms with E-state index < -0.39 is 0 Å². The minimum atomic E-state index is -0.338. The number of hydrazine groups is 1. The van der Waals surface area contributed by atoms with Gasteiger partial charge in [0.05, 0.1) is 5.69 Å². The number of carbonyl (C=O) groups excluding carboxylic acids is 1. The molecule has 0 saturated heterocycles. The van der Waals surface area contributed by atoms with Gasteiger partial charge in [0, 0.05) is 14.6 Å². The van der Waals surface area contributed by atoms with Crippen LogP contribution in [0.4, 0.5) is 11.6 Å². The van der Waals surface area contributed by atoms with Crippen molar-refractivity contribution in [2.45, 2.75) is 6.92 Å². The van der Waals surface area contributed by atoms with Crippen LogP contribution < -0.4 is 16.6 Å². The summed E-state index contributed by atoms with van der Waals surface area (Å²) in [6.45, 7) is 1.76. The smallest absolute Gasteiger partial charge is 0.274 e. The number of halogens is 2. The number of aromatic nitrogens is 2. The Morgan fingerprint density at radius 2 is 2.00 bits per heavy atom. The first-order valence-corrected chi connectivity index (χ1v) is 7.17. The zero-order valence-electron chi connectivity index (χ0n) is 10.4. The number of nitrogen functional groups attached to an aromatic ring is 1. The van der Waals surface area contributed by atoms with Crippen LogP contribution in [0, 0.1) is 6.92 Å². The van der Waals surface area contributed by atoms with E-state index in [9.17, 15) is 4.79 Å². The number of hydrogen-bond donors (Lipinski definition) is 3. The molecule has 0 fully saturated rings. The topological polar surface area (TPSA) is 92.9 Å². The number of benzene rings is 1. The molecule has 4 N–H and O–H groups in total. The number of nitrogens with two attached hydrogens (primary N) is 1. The van der Waals surface area contributed by atoms with Gasteiger partial charge in [0.25, 0.3) is 5.91 Å². The van der Waals surface area contributed by atoms with Crippen molar-refractivity contribution in [1.82, 2.24) is 9.97 Å². The van der Waals surface area contributed by atoms with E-state index in [1.54, 1.807) is 19.1 Å². The molecule has 8 heteroatoms. The molecule has 0 aliphatic heterocycles. The summed E-state index contributed by atoms with van der Waals surface area (Å²) in [5.74, 6) is 5.12. The number of carbonyl (C=O) groups is 1. The lowest BCUT2D eigenvalue weighted by molar-refractivity contribution is 0.102. The summed E-state index contributed by atoms with van der Waals surface area (Å²) >= 11 is 6.73. The van der Waals surface area contributed by atoms with Crippen LogP contribution in [-0.2, 0) is 0 Å². The molecular formula is C12H11Br2N5O. The second kappa shape index (κ2) is 6.29. The molecule has 0 unspecified atom stereocenters. The lowest BCUT2D eigenvalue weighted by Gasteiger charge is -2.08. The average molecular weight is 401 g/mol. The Hall–Kier alpha value is -1.51. The molecule has 0 saturated carbocycles. The highest BCUT2D eigenvalue weighted by molar-refractivity contribution is 9.11. The predicted molar refractivity (Wildman–Crippen MR) is 84.4 cm³/mol. The zero-order chi connectivity index (χ0) is 14.7. The van der Waals surface area contributed by atoms with E-state index in [1.807, 2.05) is 12.1 Å². The fraction of sp³-hybridized carbons (Fsp3) is 0.0833. The van der Waals surface area contributed by atoms with Gasteiger partial charge in [-0.25, -0.2) is 15.8 Å². The van der Waals surface area contributed by atoms with Gasteiger partial charge >= 0.3 is 0 Å². The van der Waals surface area contributed by atoms with Crippen molar-refractivity contribution in [3.8, 4) is 0 Å². The second-order valence-corrected chi connectivity index (χ2v) is 5.71. The summed E-state index contributed by atoms with van der Waals surface area (Å²) in [6, 6.07) is 7.04. The Kier molecular flexibility index (Phi) is 4.69. The lowest BCUT2D eigenvalue weighted by atomic mass is 10.3. The molecule has 1 aromatic carbocycles. The summed E-state index contributed by atoms with van der Waals surface area (Å²) in [6.07, 6.45) is 0. The molecule has 1 amide bonds. The van der Waals surface area contributed by atoms with Crippen molar-refractivity contribution in [3.05, 3.63) is 44.6 Å². The van der Waals surface area contributed by atoms with Crippen LogP contribution in [0.15, 0.2) is 33.2 Å². The van der Waals surface area contributed by atoms with Crippen molar-refractivity contribution in [1.29, 1.82) is 0 Å². The highest BCUT2D eigenvalue weighted by Gasteiger charge is 2.12. The Morgan fingerprint density at radius 3 is 2.65 bits per heavy atom. The SMILES string of the molecule is Cc1cc(C(=O)Nc2ccc(Br)cc2Br)nc(NN)n1. The van der Waals surface area contributed by atoms with Gasteiger partial charge in [0.2, 0.25) is 5.95 Å². The van der Waals surface area contributed by atoms with Crippen LogP contribution in [0.1, 0.15) is 16.2 Å². The van der Waals surface area contributed by atoms with Crippen LogP contribution >= 0.6 is 31.9 Å². The minimum Gasteiger partial charge on any atom is -0.320 e. The summed E-state index contributed by atoms with van der Waals surface area (Å²) in [5, 5.41) is 2.77. The molecule has 0 radical (unpaired) electrons. The first-order chi connectivity index (χ1) is 9.49. The van der Waals surface area contributed by atoms with Gasteiger partial charge in [-0.15, -0.1) is 0 Å². The number of amides is 1. The van der Waals surface area contributed by atoms with Crippen molar-refractivity contribution >= 4 is 49.4 Å². The van der Waals surface area contributed by atoms with Gasteiger partial charge in [0.15, 0.2) is 0 Å². The third kappa shape index (κ3) is 3.53. The summed E-state index contributed by atoms with van der Waals surface area (Å²) in [5.41, 5.74) is 3.86. The standard InChI is InChI=1S/C12H11Br2N5O/c1-6-4-10(18-12(16-6)19-15)11(20)17-9-3-2-7(13)5-8(9)14/h2-5H,15H2,1H3,(H,17,20)(H,16,18,19). The van der Waals surface area contributed by atoms with Gasteiger partial charge in [-0.1, -0.05) is 15.9 Å². The van der Waals surface area contributed by atoms with Gasteiger partial charge in [-0.05, 0) is 47.1 Å².